The Morgan fingerprint density at radius 2 is 2.17 bits per heavy atom. The molecule has 18 heavy (non-hydrogen) atoms. The molecule has 0 heterocycles. The van der Waals surface area contributed by atoms with Crippen LogP contribution >= 0.6 is 0 Å². The van der Waals surface area contributed by atoms with E-state index in [1.54, 1.807) is 18.2 Å². The van der Waals surface area contributed by atoms with Gasteiger partial charge in [0.25, 0.3) is 0 Å². The van der Waals surface area contributed by atoms with Crippen molar-refractivity contribution in [2.75, 3.05) is 12.3 Å². The van der Waals surface area contributed by atoms with Crippen LogP contribution in [0.2, 0.25) is 0 Å². The quantitative estimate of drug-likeness (QED) is 0.525. The van der Waals surface area contributed by atoms with Crippen LogP contribution in [0.4, 0.5) is 11.4 Å². The van der Waals surface area contributed by atoms with Crippen molar-refractivity contribution in [2.45, 2.75) is 39.5 Å². The Hall–Kier alpha value is -1.58. The average Bonchev–Trinajstić information content (AvgIpc) is 2.39. The zero-order chi connectivity index (χ0) is 13.4. The van der Waals surface area contributed by atoms with Gasteiger partial charge in [-0.25, -0.2) is 5.53 Å². The maximum absolute atomic E-state index is 7.10. The number of benzene rings is 1. The maximum atomic E-state index is 7.10. The van der Waals surface area contributed by atoms with Gasteiger partial charge in [0.2, 0.25) is 0 Å². The molecule has 0 aliphatic heterocycles. The van der Waals surface area contributed by atoms with Crippen LogP contribution in [0, 0.1) is 11.4 Å². The highest BCUT2D eigenvalue weighted by Crippen LogP contribution is 2.30. The fourth-order valence-electron chi connectivity index (χ4n) is 1.84. The molecule has 0 bridgehead atoms. The summed E-state index contributed by atoms with van der Waals surface area (Å²) in [4.78, 5) is 0. The molecular weight excluding hydrogens is 226 g/mol. The van der Waals surface area contributed by atoms with Crippen LogP contribution in [0.3, 0.4) is 0 Å². The van der Waals surface area contributed by atoms with Crippen LogP contribution in [0.5, 0.6) is 5.75 Å². The van der Waals surface area contributed by atoms with Gasteiger partial charge in [-0.15, -0.1) is 0 Å². The van der Waals surface area contributed by atoms with Crippen molar-refractivity contribution in [1.82, 2.24) is 0 Å². The summed E-state index contributed by atoms with van der Waals surface area (Å²) in [6.45, 7) is 5.05. The van der Waals surface area contributed by atoms with E-state index in [1.165, 1.54) is 19.3 Å². The summed E-state index contributed by atoms with van der Waals surface area (Å²) in [5.74, 6) is 1.17. The molecule has 100 valence electrons. The number of nitrogens with two attached hydrogens (primary N) is 1. The van der Waals surface area contributed by atoms with Gasteiger partial charge in [0.15, 0.2) is 0 Å². The first-order chi connectivity index (χ1) is 8.71. The Morgan fingerprint density at radius 1 is 1.39 bits per heavy atom. The van der Waals surface area contributed by atoms with Gasteiger partial charge in [-0.3, -0.25) is 0 Å². The van der Waals surface area contributed by atoms with E-state index < -0.39 is 0 Å². The monoisotopic (exact) mass is 249 g/mol. The van der Waals surface area contributed by atoms with Crippen molar-refractivity contribution in [3.8, 4) is 5.75 Å². The van der Waals surface area contributed by atoms with E-state index in [-0.39, 0.29) is 0 Å². The minimum Gasteiger partial charge on any atom is -0.491 e. The molecule has 0 aromatic heterocycles. The predicted octanol–water partition coefficient (Wildman–Crippen LogP) is 4.53. The lowest BCUT2D eigenvalue weighted by molar-refractivity contribution is 0.234. The highest BCUT2D eigenvalue weighted by atomic mass is 16.5. The van der Waals surface area contributed by atoms with E-state index >= 15 is 0 Å². The molecule has 0 aliphatic rings. The van der Waals surface area contributed by atoms with Crippen molar-refractivity contribution in [3.05, 3.63) is 18.2 Å². The van der Waals surface area contributed by atoms with Crippen molar-refractivity contribution in [2.24, 2.45) is 11.0 Å². The number of unbranched alkanes of at least 4 members (excludes halogenated alkanes) is 1. The van der Waals surface area contributed by atoms with Crippen LogP contribution in [0.15, 0.2) is 23.3 Å². The summed E-state index contributed by atoms with van der Waals surface area (Å²) in [7, 11) is 0. The van der Waals surface area contributed by atoms with Crippen LogP contribution in [0.1, 0.15) is 39.5 Å². The van der Waals surface area contributed by atoms with Gasteiger partial charge in [0.05, 0.1) is 6.61 Å². The number of hydrogen-bond acceptors (Lipinski definition) is 4. The first-order valence-corrected chi connectivity index (χ1v) is 6.61. The Labute approximate surface area is 109 Å². The number of ether oxygens (including phenoxy) is 1. The number of nitrogens with zero attached hydrogens (tertiary/aromatic N) is 1. The standard InChI is InChI=1S/C14H23N3O/c1-3-5-6-11(4-2)10-18-14-9-12(15)7-8-13(14)17-16/h7-9,11,16H,3-6,10,15H2,1-2H3. The Balaban J connectivity index is 2.60. The molecule has 1 rings (SSSR count). The van der Waals surface area contributed by atoms with E-state index in [0.717, 1.165) is 6.42 Å². The summed E-state index contributed by atoms with van der Waals surface area (Å²) in [6.07, 6.45) is 4.73. The topological polar surface area (TPSA) is 71.5 Å². The van der Waals surface area contributed by atoms with Gasteiger partial charge < -0.3 is 10.5 Å². The van der Waals surface area contributed by atoms with Crippen LogP contribution in [-0.4, -0.2) is 6.61 Å². The Morgan fingerprint density at radius 3 is 2.78 bits per heavy atom. The lowest BCUT2D eigenvalue weighted by Crippen LogP contribution is -2.11. The maximum Gasteiger partial charge on any atom is 0.148 e. The van der Waals surface area contributed by atoms with Crippen LogP contribution < -0.4 is 10.5 Å². The molecule has 1 unspecified atom stereocenters. The van der Waals surface area contributed by atoms with E-state index in [2.05, 4.69) is 19.0 Å². The number of nitrogens with one attached hydrogen (secondary N) is 1. The smallest absolute Gasteiger partial charge is 0.148 e. The molecule has 0 amide bonds. The second kappa shape index (κ2) is 7.69. The number of nitrogen functional groups attached to an aromatic ring is 1. The van der Waals surface area contributed by atoms with Gasteiger partial charge in [0, 0.05) is 11.8 Å². The largest absolute Gasteiger partial charge is 0.491 e. The predicted molar refractivity (Wildman–Crippen MR) is 74.5 cm³/mol. The highest BCUT2D eigenvalue weighted by molar-refractivity contribution is 5.58. The fraction of sp³-hybridized carbons (Fsp3) is 0.571. The van der Waals surface area contributed by atoms with Crippen LogP contribution in [0.25, 0.3) is 0 Å². The molecule has 1 atom stereocenters. The molecule has 4 nitrogen and oxygen atoms in total. The molecule has 3 N–H and O–H groups in total. The minimum absolute atomic E-state index is 0.537. The van der Waals surface area contributed by atoms with Crippen LogP contribution in [-0.2, 0) is 0 Å². The van der Waals surface area contributed by atoms with Gasteiger partial charge >= 0.3 is 0 Å². The molecule has 1 aromatic rings. The third kappa shape index (κ3) is 4.35. The third-order valence-corrected chi connectivity index (χ3v) is 3.12. The first kappa shape index (κ1) is 14.5. The van der Waals surface area contributed by atoms with Crippen molar-refractivity contribution in [3.63, 3.8) is 0 Å². The molecule has 0 radical (unpaired) electrons. The zero-order valence-corrected chi connectivity index (χ0v) is 11.3. The summed E-state index contributed by atoms with van der Waals surface area (Å²) in [6, 6.07) is 5.18. The van der Waals surface area contributed by atoms with Gasteiger partial charge in [-0.2, -0.15) is 5.11 Å². The van der Waals surface area contributed by atoms with Gasteiger partial charge in [-0.1, -0.05) is 33.1 Å². The molecule has 0 fully saturated rings. The van der Waals surface area contributed by atoms with E-state index in [1.807, 2.05) is 0 Å². The summed E-state index contributed by atoms with van der Waals surface area (Å²) < 4.78 is 5.77. The average molecular weight is 249 g/mol. The van der Waals surface area contributed by atoms with Crippen molar-refractivity contribution in [1.29, 1.82) is 5.53 Å². The summed E-state index contributed by atoms with van der Waals surface area (Å²) in [5.41, 5.74) is 14.0. The molecule has 0 saturated carbocycles. The first-order valence-electron chi connectivity index (χ1n) is 6.61. The molecule has 0 spiro atoms. The Kier molecular flexibility index (Phi) is 6.19. The molecule has 1 aromatic carbocycles. The third-order valence-electron chi connectivity index (χ3n) is 3.12. The van der Waals surface area contributed by atoms with E-state index in [4.69, 9.17) is 16.0 Å². The lowest BCUT2D eigenvalue weighted by atomic mass is 10.0. The zero-order valence-electron chi connectivity index (χ0n) is 11.3. The van der Waals surface area contributed by atoms with E-state index in [0.29, 0.717) is 29.6 Å². The summed E-state index contributed by atoms with van der Waals surface area (Å²) >= 11 is 0. The number of hydrogen-bond donors (Lipinski definition) is 2. The molecule has 0 saturated heterocycles. The second-order valence-corrected chi connectivity index (χ2v) is 4.57. The van der Waals surface area contributed by atoms with Crippen molar-refractivity contribution >= 4 is 11.4 Å². The molecular formula is C14H23N3O. The molecule has 0 aliphatic carbocycles. The number of rotatable bonds is 8. The van der Waals surface area contributed by atoms with Crippen molar-refractivity contribution < 1.29 is 4.74 Å². The normalized spacial score (nSPS) is 12.1. The fourth-order valence-corrected chi connectivity index (χ4v) is 1.84. The number of anilines is 1. The SMILES string of the molecule is CCCCC(CC)COc1cc(N)ccc1N=N. The van der Waals surface area contributed by atoms with E-state index in [9.17, 15) is 0 Å². The molecule has 4 heteroatoms. The van der Waals surface area contributed by atoms with Gasteiger partial charge in [0.1, 0.15) is 11.4 Å². The van der Waals surface area contributed by atoms with Gasteiger partial charge in [-0.05, 0) is 24.5 Å². The Bertz CT molecular complexity index is 379. The minimum atomic E-state index is 0.537. The highest BCUT2D eigenvalue weighted by Gasteiger charge is 2.09. The second-order valence-electron chi connectivity index (χ2n) is 4.57. The lowest BCUT2D eigenvalue weighted by Gasteiger charge is -2.16. The summed E-state index contributed by atoms with van der Waals surface area (Å²) in [5, 5.41) is 3.45.